The standard InChI is InChI=1S/C21H12ClF6N3O3/c1-31(20(33)30-19(32)18-13(23)3-2-4-14(18)24)10-5-6-16(15(25)7-10)34-17-8-12(22)11(9-29-17)21(26,27)28/h2-9H,1H3,(H,30,32,33). The second kappa shape index (κ2) is 9.59. The number of aromatic nitrogens is 1. The van der Waals surface area contributed by atoms with Gasteiger partial charge in [-0.2, -0.15) is 13.2 Å². The zero-order chi connectivity index (χ0) is 25.2. The van der Waals surface area contributed by atoms with Crippen molar-refractivity contribution >= 4 is 29.2 Å². The van der Waals surface area contributed by atoms with Gasteiger partial charge in [-0.3, -0.25) is 15.0 Å². The highest BCUT2D eigenvalue weighted by atomic mass is 35.5. The van der Waals surface area contributed by atoms with Crippen LogP contribution in [0.1, 0.15) is 15.9 Å². The summed E-state index contributed by atoms with van der Waals surface area (Å²) >= 11 is 5.57. The first kappa shape index (κ1) is 24.8. The Hall–Kier alpha value is -3.80. The summed E-state index contributed by atoms with van der Waals surface area (Å²) in [6, 6.07) is 5.36. The van der Waals surface area contributed by atoms with E-state index in [4.69, 9.17) is 16.3 Å². The van der Waals surface area contributed by atoms with E-state index in [2.05, 4.69) is 4.98 Å². The van der Waals surface area contributed by atoms with Crippen LogP contribution >= 0.6 is 11.6 Å². The molecule has 1 N–H and O–H groups in total. The van der Waals surface area contributed by atoms with E-state index in [0.717, 1.165) is 48.3 Å². The van der Waals surface area contributed by atoms with Crippen LogP contribution in [0.5, 0.6) is 11.6 Å². The van der Waals surface area contributed by atoms with E-state index in [0.29, 0.717) is 6.20 Å². The van der Waals surface area contributed by atoms with Gasteiger partial charge in [0.1, 0.15) is 17.2 Å². The number of amides is 3. The van der Waals surface area contributed by atoms with Crippen molar-refractivity contribution in [2.45, 2.75) is 6.18 Å². The van der Waals surface area contributed by atoms with Gasteiger partial charge in [-0.05, 0) is 24.3 Å². The Morgan fingerprint density at radius 1 is 1.03 bits per heavy atom. The minimum absolute atomic E-state index is 0.0948. The molecule has 0 radical (unpaired) electrons. The van der Waals surface area contributed by atoms with Gasteiger partial charge in [-0.1, -0.05) is 17.7 Å². The van der Waals surface area contributed by atoms with Crippen molar-refractivity contribution in [1.82, 2.24) is 10.3 Å². The summed E-state index contributed by atoms with van der Waals surface area (Å²) < 4.78 is 85.2. The molecule has 1 aromatic heterocycles. The normalized spacial score (nSPS) is 11.2. The zero-order valence-corrected chi connectivity index (χ0v) is 17.6. The van der Waals surface area contributed by atoms with E-state index < -0.39 is 63.3 Å². The Labute approximate surface area is 192 Å². The van der Waals surface area contributed by atoms with Crippen LogP contribution in [0.15, 0.2) is 48.7 Å². The van der Waals surface area contributed by atoms with Crippen molar-refractivity contribution in [3.8, 4) is 11.6 Å². The maximum Gasteiger partial charge on any atom is 0.419 e. The summed E-state index contributed by atoms with van der Waals surface area (Å²) in [5.41, 5.74) is -2.26. The summed E-state index contributed by atoms with van der Waals surface area (Å²) in [6.45, 7) is 0. The molecule has 0 unspecified atom stereocenters. The first-order valence-electron chi connectivity index (χ1n) is 9.11. The number of pyridine rings is 1. The second-order valence-corrected chi connectivity index (χ2v) is 7.04. The van der Waals surface area contributed by atoms with Gasteiger partial charge in [0.25, 0.3) is 5.91 Å². The summed E-state index contributed by atoms with van der Waals surface area (Å²) in [7, 11) is 1.15. The largest absolute Gasteiger partial charge is 0.436 e. The van der Waals surface area contributed by atoms with Gasteiger partial charge in [0, 0.05) is 31.1 Å². The maximum absolute atomic E-state index is 14.5. The Bertz CT molecular complexity index is 1250. The number of halogens is 7. The molecule has 0 aliphatic rings. The highest BCUT2D eigenvalue weighted by molar-refractivity contribution is 6.31. The number of hydrogen-bond donors (Lipinski definition) is 1. The van der Waals surface area contributed by atoms with Gasteiger partial charge in [0.15, 0.2) is 11.6 Å². The first-order chi connectivity index (χ1) is 15.9. The monoisotopic (exact) mass is 503 g/mol. The van der Waals surface area contributed by atoms with Crippen LogP contribution in [0.4, 0.5) is 36.8 Å². The third-order valence-corrected chi connectivity index (χ3v) is 4.68. The number of nitrogens with one attached hydrogen (secondary N) is 1. The quantitative estimate of drug-likeness (QED) is 0.447. The maximum atomic E-state index is 14.5. The van der Waals surface area contributed by atoms with E-state index in [1.165, 1.54) is 6.07 Å². The van der Waals surface area contributed by atoms with E-state index in [1.54, 1.807) is 5.32 Å². The van der Waals surface area contributed by atoms with E-state index in [-0.39, 0.29) is 5.69 Å². The molecule has 34 heavy (non-hydrogen) atoms. The molecule has 3 aromatic rings. The molecule has 0 saturated heterocycles. The average molecular weight is 504 g/mol. The Balaban J connectivity index is 1.73. The van der Waals surface area contributed by atoms with Gasteiger partial charge in [-0.15, -0.1) is 0 Å². The molecule has 178 valence electrons. The van der Waals surface area contributed by atoms with Crippen molar-refractivity contribution in [1.29, 1.82) is 0 Å². The molecule has 1 heterocycles. The third-order valence-electron chi connectivity index (χ3n) is 4.37. The molecule has 0 atom stereocenters. The number of benzene rings is 2. The molecule has 3 amide bonds. The number of carbonyl (C=O) groups is 2. The number of urea groups is 1. The second-order valence-electron chi connectivity index (χ2n) is 6.63. The predicted molar refractivity (Wildman–Crippen MR) is 108 cm³/mol. The Morgan fingerprint density at radius 3 is 2.24 bits per heavy atom. The van der Waals surface area contributed by atoms with Crippen molar-refractivity contribution in [2.24, 2.45) is 0 Å². The molecule has 0 aliphatic carbocycles. The van der Waals surface area contributed by atoms with Crippen molar-refractivity contribution in [3.63, 3.8) is 0 Å². The minimum Gasteiger partial charge on any atom is -0.436 e. The molecule has 2 aromatic carbocycles. The highest BCUT2D eigenvalue weighted by Gasteiger charge is 2.34. The summed E-state index contributed by atoms with van der Waals surface area (Å²) in [5, 5.41) is 1.06. The SMILES string of the molecule is CN(C(=O)NC(=O)c1c(F)cccc1F)c1ccc(Oc2cc(Cl)c(C(F)(F)F)cn2)c(F)c1. The predicted octanol–water partition coefficient (Wildman–Crippen LogP) is 5.95. The highest BCUT2D eigenvalue weighted by Crippen LogP contribution is 2.36. The van der Waals surface area contributed by atoms with Gasteiger partial charge >= 0.3 is 12.2 Å². The van der Waals surface area contributed by atoms with Crippen LogP contribution in [-0.2, 0) is 6.18 Å². The van der Waals surface area contributed by atoms with Gasteiger partial charge in [0.2, 0.25) is 5.88 Å². The lowest BCUT2D eigenvalue weighted by molar-refractivity contribution is -0.137. The van der Waals surface area contributed by atoms with Crippen LogP contribution in [0.25, 0.3) is 0 Å². The van der Waals surface area contributed by atoms with Crippen LogP contribution in [-0.4, -0.2) is 24.0 Å². The molecule has 0 aliphatic heterocycles. The van der Waals surface area contributed by atoms with Crippen molar-refractivity contribution < 1.29 is 40.7 Å². The van der Waals surface area contributed by atoms with Crippen molar-refractivity contribution in [3.05, 3.63) is 82.3 Å². The van der Waals surface area contributed by atoms with Crippen LogP contribution in [0, 0.1) is 17.5 Å². The molecule has 6 nitrogen and oxygen atoms in total. The molecule has 0 saturated carbocycles. The molecular formula is C21H12ClF6N3O3. The zero-order valence-electron chi connectivity index (χ0n) is 16.9. The topological polar surface area (TPSA) is 71.5 Å². The fourth-order valence-corrected chi connectivity index (χ4v) is 2.90. The van der Waals surface area contributed by atoms with Crippen LogP contribution in [0.2, 0.25) is 5.02 Å². The van der Waals surface area contributed by atoms with E-state index >= 15 is 0 Å². The summed E-state index contributed by atoms with van der Waals surface area (Å²) in [4.78, 5) is 28.5. The number of alkyl halides is 3. The Kier molecular flexibility index (Phi) is 7.01. The molecule has 3 rings (SSSR count). The third kappa shape index (κ3) is 5.39. The lowest BCUT2D eigenvalue weighted by Gasteiger charge is -2.18. The first-order valence-corrected chi connectivity index (χ1v) is 9.49. The number of nitrogens with zero attached hydrogens (tertiary/aromatic N) is 2. The molecule has 13 heteroatoms. The number of hydrogen-bond acceptors (Lipinski definition) is 4. The van der Waals surface area contributed by atoms with Crippen LogP contribution < -0.4 is 15.0 Å². The number of carbonyl (C=O) groups excluding carboxylic acids is 2. The fourth-order valence-electron chi connectivity index (χ4n) is 2.65. The number of anilines is 1. The molecule has 0 bridgehead atoms. The summed E-state index contributed by atoms with van der Waals surface area (Å²) in [6.07, 6.45) is -4.31. The molecule has 0 fully saturated rings. The number of ether oxygens (including phenoxy) is 1. The molecule has 0 spiro atoms. The van der Waals surface area contributed by atoms with E-state index in [9.17, 15) is 35.9 Å². The summed E-state index contributed by atoms with van der Waals surface area (Å²) in [5.74, 6) is -5.63. The lowest BCUT2D eigenvalue weighted by atomic mass is 10.2. The molecular weight excluding hydrogens is 492 g/mol. The fraction of sp³-hybridized carbons (Fsp3) is 0.0952. The Morgan fingerprint density at radius 2 is 1.68 bits per heavy atom. The van der Waals surface area contributed by atoms with Crippen LogP contribution in [0.3, 0.4) is 0 Å². The smallest absolute Gasteiger partial charge is 0.419 e. The van der Waals surface area contributed by atoms with Gasteiger partial charge in [-0.25, -0.2) is 22.9 Å². The number of rotatable bonds is 4. The lowest BCUT2D eigenvalue weighted by Crippen LogP contribution is -2.41. The van der Waals surface area contributed by atoms with Gasteiger partial charge < -0.3 is 4.74 Å². The number of imide groups is 1. The van der Waals surface area contributed by atoms with Gasteiger partial charge in [0.05, 0.1) is 10.6 Å². The minimum atomic E-state index is -4.74. The average Bonchev–Trinajstić information content (AvgIpc) is 2.73. The van der Waals surface area contributed by atoms with E-state index in [1.807, 2.05) is 0 Å². The van der Waals surface area contributed by atoms with Crippen molar-refractivity contribution in [2.75, 3.05) is 11.9 Å².